The first kappa shape index (κ1) is 28.5. The van der Waals surface area contributed by atoms with Crippen molar-refractivity contribution in [2.75, 3.05) is 39.9 Å². The zero-order valence-corrected chi connectivity index (χ0v) is 21.9. The van der Waals surface area contributed by atoms with Crippen molar-refractivity contribution in [2.24, 2.45) is 17.6 Å². The van der Waals surface area contributed by atoms with Gasteiger partial charge in [-0.25, -0.2) is 14.0 Å². The van der Waals surface area contributed by atoms with Crippen molar-refractivity contribution in [3.05, 3.63) is 34.6 Å². The number of rotatable bonds is 10. The summed E-state index contributed by atoms with van der Waals surface area (Å²) in [5, 5.41) is 5.58. The van der Waals surface area contributed by atoms with Crippen LogP contribution in [-0.2, 0) is 9.47 Å². The Morgan fingerprint density at radius 2 is 1.97 bits per heavy atom. The molecule has 3 atom stereocenters. The lowest BCUT2D eigenvalue weighted by molar-refractivity contribution is -0.0104. The molecule has 0 spiro atoms. The fraction of sp³-hybridized carbons (Fsp3) is 0.692. The van der Waals surface area contributed by atoms with Gasteiger partial charge in [-0.3, -0.25) is 0 Å². The topological polar surface area (TPSA) is 106 Å². The van der Waals surface area contributed by atoms with Crippen LogP contribution in [-0.4, -0.2) is 63.0 Å². The highest BCUT2D eigenvalue weighted by Gasteiger charge is 2.33. The van der Waals surface area contributed by atoms with E-state index in [1.165, 1.54) is 45.3 Å². The van der Waals surface area contributed by atoms with Gasteiger partial charge in [0.05, 0.1) is 24.8 Å². The van der Waals surface area contributed by atoms with E-state index in [0.717, 1.165) is 19.3 Å². The molecule has 4 N–H and O–H groups in total. The molecule has 2 aliphatic rings. The van der Waals surface area contributed by atoms with E-state index >= 15 is 0 Å². The Bertz CT molecular complexity index is 855. The standard InChI is InChI=1S/C26H40ClFN4O4/c1-35-26(34)30-12-14-36-24(21-10-5-11-22(27)23(21)28)19-9-6-13-32(17-19)25(33)31-16-20(29)15-18-7-3-2-4-8-18/h5,10-11,18-20,24H,2-4,6-9,12-17,29H2,1H3,(H,30,34)(H,31,33)/t19-,20-,24?/m1/s1. The van der Waals surface area contributed by atoms with E-state index in [1.54, 1.807) is 17.0 Å². The second-order valence-corrected chi connectivity index (χ2v) is 10.3. The van der Waals surface area contributed by atoms with E-state index in [9.17, 15) is 14.0 Å². The maximum Gasteiger partial charge on any atom is 0.406 e. The minimum Gasteiger partial charge on any atom is -0.453 e. The van der Waals surface area contributed by atoms with Gasteiger partial charge in [0, 0.05) is 43.7 Å². The third kappa shape index (κ3) is 8.49. The summed E-state index contributed by atoms with van der Waals surface area (Å²) in [7, 11) is 1.28. The summed E-state index contributed by atoms with van der Waals surface area (Å²) in [5.74, 6) is -0.00366. The summed E-state index contributed by atoms with van der Waals surface area (Å²) in [6.07, 6.45) is 7.61. The van der Waals surface area contributed by atoms with Crippen LogP contribution in [0, 0.1) is 17.7 Å². The number of alkyl carbamates (subject to hydrolysis) is 1. The number of ether oxygens (including phenoxy) is 2. The average molecular weight is 527 g/mol. The van der Waals surface area contributed by atoms with Crippen LogP contribution in [0.2, 0.25) is 5.02 Å². The normalized spacial score (nSPS) is 20.4. The molecule has 3 amide bonds. The second kappa shape index (κ2) is 14.6. The molecule has 3 rings (SSSR count). The van der Waals surface area contributed by atoms with Crippen molar-refractivity contribution in [1.29, 1.82) is 0 Å². The Hall–Kier alpha value is -2.10. The first-order valence-corrected chi connectivity index (χ1v) is 13.4. The Morgan fingerprint density at radius 1 is 1.19 bits per heavy atom. The van der Waals surface area contributed by atoms with E-state index in [2.05, 4.69) is 15.4 Å². The van der Waals surface area contributed by atoms with Gasteiger partial charge in [0.1, 0.15) is 5.82 Å². The lowest BCUT2D eigenvalue weighted by Gasteiger charge is -2.37. The fourth-order valence-corrected chi connectivity index (χ4v) is 5.52. The van der Waals surface area contributed by atoms with Crippen LogP contribution in [0.25, 0.3) is 0 Å². The Morgan fingerprint density at radius 3 is 2.72 bits per heavy atom. The molecule has 10 heteroatoms. The maximum atomic E-state index is 14.9. The summed E-state index contributed by atoms with van der Waals surface area (Å²) in [6, 6.07) is 4.62. The molecule has 2 fully saturated rings. The van der Waals surface area contributed by atoms with E-state index in [4.69, 9.17) is 22.1 Å². The molecular weight excluding hydrogens is 487 g/mol. The van der Waals surface area contributed by atoms with Crippen LogP contribution in [0.5, 0.6) is 0 Å². The summed E-state index contributed by atoms with van der Waals surface area (Å²) in [6.45, 7) is 1.85. The van der Waals surface area contributed by atoms with E-state index < -0.39 is 18.0 Å². The van der Waals surface area contributed by atoms with Gasteiger partial charge in [-0.15, -0.1) is 0 Å². The number of benzene rings is 1. The third-order valence-electron chi connectivity index (χ3n) is 7.19. The van der Waals surface area contributed by atoms with Crippen LogP contribution >= 0.6 is 11.6 Å². The van der Waals surface area contributed by atoms with Crippen LogP contribution in [0.1, 0.15) is 63.0 Å². The number of carbonyl (C=O) groups is 2. The van der Waals surface area contributed by atoms with E-state index in [0.29, 0.717) is 31.1 Å². The molecule has 1 unspecified atom stereocenters. The van der Waals surface area contributed by atoms with Crippen molar-refractivity contribution in [3.63, 3.8) is 0 Å². The SMILES string of the molecule is COC(=O)NCCOC(c1cccc(Cl)c1F)[C@@H]1CCCN(C(=O)NC[C@H](N)CC2CCCCC2)C1. The van der Waals surface area contributed by atoms with Crippen molar-refractivity contribution in [3.8, 4) is 0 Å². The van der Waals surface area contributed by atoms with Crippen molar-refractivity contribution < 1.29 is 23.5 Å². The predicted molar refractivity (Wildman–Crippen MR) is 137 cm³/mol. The van der Waals surface area contributed by atoms with Crippen molar-refractivity contribution >= 4 is 23.7 Å². The molecular formula is C26H40ClFN4O4. The number of likely N-dealkylation sites (tertiary alicyclic amines) is 1. The smallest absolute Gasteiger partial charge is 0.406 e. The van der Waals surface area contributed by atoms with Crippen LogP contribution < -0.4 is 16.4 Å². The van der Waals surface area contributed by atoms with Crippen molar-refractivity contribution in [2.45, 2.75) is 63.5 Å². The molecule has 0 radical (unpaired) electrons. The number of carbonyl (C=O) groups excluding carboxylic acids is 2. The third-order valence-corrected chi connectivity index (χ3v) is 7.48. The molecule has 1 heterocycles. The number of hydrogen-bond donors (Lipinski definition) is 3. The molecule has 1 aliphatic carbocycles. The highest BCUT2D eigenvalue weighted by atomic mass is 35.5. The minimum atomic E-state index is -0.618. The monoisotopic (exact) mass is 526 g/mol. The molecule has 8 nitrogen and oxygen atoms in total. The van der Waals surface area contributed by atoms with E-state index in [-0.39, 0.29) is 36.2 Å². The van der Waals surface area contributed by atoms with Crippen LogP contribution in [0.3, 0.4) is 0 Å². The van der Waals surface area contributed by atoms with Crippen LogP contribution in [0.4, 0.5) is 14.0 Å². The number of piperidine rings is 1. The van der Waals surface area contributed by atoms with Gasteiger partial charge < -0.3 is 30.7 Å². The summed E-state index contributed by atoms with van der Waals surface area (Å²) >= 11 is 6.05. The summed E-state index contributed by atoms with van der Waals surface area (Å²) in [5.41, 5.74) is 6.67. The zero-order valence-electron chi connectivity index (χ0n) is 21.1. The van der Waals surface area contributed by atoms with Gasteiger partial charge in [0.15, 0.2) is 0 Å². The molecule has 1 saturated carbocycles. The average Bonchev–Trinajstić information content (AvgIpc) is 2.89. The highest BCUT2D eigenvalue weighted by Crippen LogP contribution is 2.36. The number of nitrogens with zero attached hydrogens (tertiary/aromatic N) is 1. The van der Waals surface area contributed by atoms with E-state index in [1.807, 2.05) is 0 Å². The number of nitrogens with two attached hydrogens (primary N) is 1. The second-order valence-electron chi connectivity index (χ2n) is 9.89. The number of halogens is 2. The molecule has 1 aromatic carbocycles. The largest absolute Gasteiger partial charge is 0.453 e. The number of hydrogen-bond acceptors (Lipinski definition) is 5. The zero-order chi connectivity index (χ0) is 25.9. The molecule has 202 valence electrons. The van der Waals surface area contributed by atoms with Crippen LogP contribution in [0.15, 0.2) is 18.2 Å². The molecule has 1 saturated heterocycles. The maximum absolute atomic E-state index is 14.9. The Kier molecular flexibility index (Phi) is 11.5. The lowest BCUT2D eigenvalue weighted by atomic mass is 9.85. The molecule has 0 aromatic heterocycles. The first-order valence-electron chi connectivity index (χ1n) is 13.0. The minimum absolute atomic E-state index is 0.0196. The van der Waals surface area contributed by atoms with Gasteiger partial charge in [0.2, 0.25) is 0 Å². The molecule has 1 aliphatic heterocycles. The number of urea groups is 1. The van der Waals surface area contributed by atoms with Gasteiger partial charge in [-0.2, -0.15) is 0 Å². The quantitative estimate of drug-likeness (QED) is 0.386. The van der Waals surface area contributed by atoms with Gasteiger partial charge >= 0.3 is 12.1 Å². The molecule has 1 aromatic rings. The number of methoxy groups -OCH3 is 1. The molecule has 0 bridgehead atoms. The van der Waals surface area contributed by atoms with Gasteiger partial charge in [-0.05, 0) is 31.2 Å². The summed E-state index contributed by atoms with van der Waals surface area (Å²) in [4.78, 5) is 26.0. The molecule has 36 heavy (non-hydrogen) atoms. The number of amides is 3. The Labute approximate surface area is 218 Å². The van der Waals surface area contributed by atoms with Gasteiger partial charge in [0.25, 0.3) is 0 Å². The fourth-order valence-electron chi connectivity index (χ4n) is 5.34. The van der Waals surface area contributed by atoms with Crippen molar-refractivity contribution in [1.82, 2.24) is 15.5 Å². The lowest BCUT2D eigenvalue weighted by Crippen LogP contribution is -2.49. The summed E-state index contributed by atoms with van der Waals surface area (Å²) < 4.78 is 25.6. The Balaban J connectivity index is 1.58. The first-order chi connectivity index (χ1) is 17.4. The highest BCUT2D eigenvalue weighted by molar-refractivity contribution is 6.30. The number of nitrogens with one attached hydrogen (secondary N) is 2. The van der Waals surface area contributed by atoms with Gasteiger partial charge in [-0.1, -0.05) is 55.8 Å². The predicted octanol–water partition coefficient (Wildman–Crippen LogP) is 4.61.